The second kappa shape index (κ2) is 7.18. The van der Waals surface area contributed by atoms with Crippen molar-refractivity contribution in [2.24, 2.45) is 0 Å². The smallest absolute Gasteiger partial charge is 0.173 e. The van der Waals surface area contributed by atoms with Crippen LogP contribution < -0.4 is 0 Å². The number of halogens is 1. The molecule has 0 amide bonds. The van der Waals surface area contributed by atoms with E-state index >= 15 is 0 Å². The Kier molecular flexibility index (Phi) is 5.28. The molecule has 0 heterocycles. The molecule has 108 valence electrons. The highest BCUT2D eigenvalue weighted by Crippen LogP contribution is 2.20. The zero-order chi connectivity index (χ0) is 15.2. The van der Waals surface area contributed by atoms with Crippen molar-refractivity contribution in [3.8, 4) is 0 Å². The zero-order valence-corrected chi connectivity index (χ0v) is 12.5. The molecule has 2 nitrogen and oxygen atoms in total. The third kappa shape index (κ3) is 4.26. The molecule has 0 saturated heterocycles. The van der Waals surface area contributed by atoms with Gasteiger partial charge in [-0.25, -0.2) is 4.39 Å². The Bertz CT molecular complexity index is 633. The largest absolute Gasteiger partial charge is 0.294 e. The van der Waals surface area contributed by atoms with Crippen molar-refractivity contribution in [3.05, 3.63) is 65.5 Å². The summed E-state index contributed by atoms with van der Waals surface area (Å²) in [6.07, 6.45) is 0.482. The second-order valence-corrected chi connectivity index (χ2v) is 5.57. The molecule has 0 aromatic heterocycles. The number of ketones is 2. The van der Waals surface area contributed by atoms with E-state index in [1.807, 2.05) is 19.1 Å². The summed E-state index contributed by atoms with van der Waals surface area (Å²) >= 11 is 1.40. The number of thioether (sulfide) groups is 1. The standard InChI is InChI=1S/C17H15FO2S/c1-2-16(19)12-5-9-15(10-6-12)21-11-17(20)13-3-7-14(18)8-4-13/h3-10H,2,11H2,1H3. The third-order valence-corrected chi connectivity index (χ3v) is 4.05. The Labute approximate surface area is 127 Å². The molecule has 0 fully saturated rings. The van der Waals surface area contributed by atoms with Crippen molar-refractivity contribution in [1.29, 1.82) is 0 Å². The van der Waals surface area contributed by atoms with Gasteiger partial charge in [0.15, 0.2) is 11.6 Å². The van der Waals surface area contributed by atoms with E-state index in [4.69, 9.17) is 0 Å². The van der Waals surface area contributed by atoms with Gasteiger partial charge >= 0.3 is 0 Å². The third-order valence-electron chi connectivity index (χ3n) is 3.03. The lowest BCUT2D eigenvalue weighted by Gasteiger charge is -2.03. The molecular weight excluding hydrogens is 287 g/mol. The van der Waals surface area contributed by atoms with Gasteiger partial charge in [-0.1, -0.05) is 19.1 Å². The number of Topliss-reactive ketones (excluding diaryl/α,β-unsaturated/α-hetero) is 2. The summed E-state index contributed by atoms with van der Waals surface area (Å²) in [7, 11) is 0. The van der Waals surface area contributed by atoms with E-state index in [0.717, 1.165) is 4.90 Å². The highest BCUT2D eigenvalue weighted by Gasteiger charge is 2.08. The van der Waals surface area contributed by atoms with Crippen LogP contribution in [0.1, 0.15) is 34.1 Å². The van der Waals surface area contributed by atoms with Crippen LogP contribution in [-0.4, -0.2) is 17.3 Å². The topological polar surface area (TPSA) is 34.1 Å². The maximum atomic E-state index is 12.8. The minimum atomic E-state index is -0.351. The summed E-state index contributed by atoms with van der Waals surface area (Å²) in [5.74, 6) is -0.00906. The highest BCUT2D eigenvalue weighted by atomic mass is 32.2. The summed E-state index contributed by atoms with van der Waals surface area (Å²) in [5, 5.41) is 0. The first kappa shape index (κ1) is 15.4. The summed E-state index contributed by atoms with van der Waals surface area (Å²) in [6, 6.07) is 12.8. The average Bonchev–Trinajstić information content (AvgIpc) is 2.53. The summed E-state index contributed by atoms with van der Waals surface area (Å²) in [4.78, 5) is 24.4. The molecule has 0 spiro atoms. The van der Waals surface area contributed by atoms with Gasteiger partial charge in [0.2, 0.25) is 0 Å². The molecule has 0 N–H and O–H groups in total. The first-order valence-corrected chi connectivity index (χ1v) is 7.63. The van der Waals surface area contributed by atoms with Gasteiger partial charge < -0.3 is 0 Å². The number of benzene rings is 2. The zero-order valence-electron chi connectivity index (χ0n) is 11.6. The van der Waals surface area contributed by atoms with Gasteiger partial charge in [0, 0.05) is 22.4 Å². The highest BCUT2D eigenvalue weighted by molar-refractivity contribution is 8.00. The Morgan fingerprint density at radius 2 is 1.43 bits per heavy atom. The fourth-order valence-electron chi connectivity index (χ4n) is 1.81. The Morgan fingerprint density at radius 1 is 0.905 bits per heavy atom. The fraction of sp³-hybridized carbons (Fsp3) is 0.176. The van der Waals surface area contributed by atoms with Crippen molar-refractivity contribution < 1.29 is 14.0 Å². The fourth-order valence-corrected chi connectivity index (χ4v) is 2.60. The van der Waals surface area contributed by atoms with Crippen LogP contribution >= 0.6 is 11.8 Å². The SMILES string of the molecule is CCC(=O)c1ccc(SCC(=O)c2ccc(F)cc2)cc1. The molecule has 0 unspecified atom stereocenters. The summed E-state index contributed by atoms with van der Waals surface area (Å²) < 4.78 is 12.8. The normalized spacial score (nSPS) is 10.4. The van der Waals surface area contributed by atoms with Crippen molar-refractivity contribution in [2.45, 2.75) is 18.2 Å². The number of rotatable bonds is 6. The maximum Gasteiger partial charge on any atom is 0.173 e. The van der Waals surface area contributed by atoms with E-state index in [2.05, 4.69) is 0 Å². The quantitative estimate of drug-likeness (QED) is 0.586. The van der Waals surface area contributed by atoms with Gasteiger partial charge in [-0.15, -0.1) is 11.8 Å². The lowest BCUT2D eigenvalue weighted by atomic mass is 10.1. The van der Waals surface area contributed by atoms with Gasteiger partial charge in [0.05, 0.1) is 5.75 Å². The monoisotopic (exact) mass is 302 g/mol. The minimum Gasteiger partial charge on any atom is -0.294 e. The molecule has 0 aliphatic carbocycles. The van der Waals surface area contributed by atoms with Crippen LogP contribution in [-0.2, 0) is 0 Å². The predicted molar refractivity (Wildman–Crippen MR) is 82.5 cm³/mol. The van der Waals surface area contributed by atoms with Crippen LogP contribution in [0.3, 0.4) is 0 Å². The van der Waals surface area contributed by atoms with Crippen LogP contribution in [0.2, 0.25) is 0 Å². The molecule has 2 aromatic rings. The Hall–Kier alpha value is -1.94. The molecule has 0 aliphatic heterocycles. The second-order valence-electron chi connectivity index (χ2n) is 4.52. The molecule has 0 radical (unpaired) electrons. The molecule has 2 aromatic carbocycles. The lowest BCUT2D eigenvalue weighted by molar-refractivity contribution is 0.0986. The van der Waals surface area contributed by atoms with E-state index in [9.17, 15) is 14.0 Å². The van der Waals surface area contributed by atoms with E-state index in [0.29, 0.717) is 17.5 Å². The lowest BCUT2D eigenvalue weighted by Crippen LogP contribution is -2.02. The van der Waals surface area contributed by atoms with Crippen LogP contribution in [0.5, 0.6) is 0 Å². The maximum absolute atomic E-state index is 12.8. The van der Waals surface area contributed by atoms with Gasteiger partial charge in [0.25, 0.3) is 0 Å². The number of hydrogen-bond acceptors (Lipinski definition) is 3. The van der Waals surface area contributed by atoms with Crippen molar-refractivity contribution in [2.75, 3.05) is 5.75 Å². The number of carbonyl (C=O) groups excluding carboxylic acids is 2. The molecule has 0 bridgehead atoms. The Balaban J connectivity index is 1.95. The van der Waals surface area contributed by atoms with Crippen LogP contribution in [0.15, 0.2) is 53.4 Å². The Morgan fingerprint density at radius 3 is 2.00 bits per heavy atom. The minimum absolute atomic E-state index is 0.0475. The predicted octanol–water partition coefficient (Wildman–Crippen LogP) is 4.39. The van der Waals surface area contributed by atoms with Gasteiger partial charge in [0.1, 0.15) is 5.82 Å². The van der Waals surface area contributed by atoms with E-state index in [-0.39, 0.29) is 23.1 Å². The molecular formula is C17H15FO2S. The van der Waals surface area contributed by atoms with Gasteiger partial charge in [-0.3, -0.25) is 9.59 Å². The van der Waals surface area contributed by atoms with E-state index < -0.39 is 0 Å². The van der Waals surface area contributed by atoms with Crippen molar-refractivity contribution >= 4 is 23.3 Å². The van der Waals surface area contributed by atoms with Crippen molar-refractivity contribution in [1.82, 2.24) is 0 Å². The first-order valence-electron chi connectivity index (χ1n) is 6.65. The molecule has 0 aliphatic rings. The molecule has 0 atom stereocenters. The van der Waals surface area contributed by atoms with Gasteiger partial charge in [-0.05, 0) is 36.4 Å². The van der Waals surface area contributed by atoms with Crippen molar-refractivity contribution in [3.63, 3.8) is 0 Å². The molecule has 0 saturated carbocycles. The average molecular weight is 302 g/mol. The first-order chi connectivity index (χ1) is 10.1. The summed E-state index contributed by atoms with van der Waals surface area (Å²) in [5.41, 5.74) is 1.19. The number of hydrogen-bond donors (Lipinski definition) is 0. The molecule has 2 rings (SSSR count). The summed E-state index contributed by atoms with van der Waals surface area (Å²) in [6.45, 7) is 1.83. The van der Waals surface area contributed by atoms with Crippen LogP contribution in [0.25, 0.3) is 0 Å². The molecule has 4 heteroatoms. The van der Waals surface area contributed by atoms with Crippen LogP contribution in [0.4, 0.5) is 4.39 Å². The van der Waals surface area contributed by atoms with Gasteiger partial charge in [-0.2, -0.15) is 0 Å². The van der Waals surface area contributed by atoms with Crippen LogP contribution in [0, 0.1) is 5.82 Å². The number of carbonyl (C=O) groups is 2. The van der Waals surface area contributed by atoms with E-state index in [1.165, 1.54) is 36.0 Å². The van der Waals surface area contributed by atoms with E-state index in [1.54, 1.807) is 12.1 Å². The molecule has 21 heavy (non-hydrogen) atoms.